The maximum Gasteiger partial charge on any atom is 0.255 e. The van der Waals surface area contributed by atoms with Crippen molar-refractivity contribution in [1.29, 1.82) is 0 Å². The molecule has 0 aromatic heterocycles. The van der Waals surface area contributed by atoms with Gasteiger partial charge in [-0.25, -0.2) is 0 Å². The van der Waals surface area contributed by atoms with E-state index in [0.717, 1.165) is 11.3 Å². The minimum Gasteiger partial charge on any atom is -0.326 e. The molecular weight excluding hydrogens is 312 g/mol. The molecule has 0 aliphatic heterocycles. The molecule has 0 heterocycles. The first-order valence-electron chi connectivity index (χ1n) is 8.50. The van der Waals surface area contributed by atoms with Crippen LogP contribution in [0.1, 0.15) is 56.5 Å². The van der Waals surface area contributed by atoms with Crippen LogP contribution in [0, 0.1) is 5.41 Å². The van der Waals surface area contributed by atoms with Gasteiger partial charge in [-0.3, -0.25) is 9.59 Å². The van der Waals surface area contributed by atoms with Gasteiger partial charge in [-0.1, -0.05) is 58.9 Å². The van der Waals surface area contributed by atoms with Crippen LogP contribution in [0.15, 0.2) is 48.5 Å². The zero-order chi connectivity index (χ0) is 18.6. The molecule has 2 aromatic rings. The van der Waals surface area contributed by atoms with Gasteiger partial charge in [0.1, 0.15) is 0 Å². The number of carbonyl (C=O) groups excluding carboxylic acids is 2. The van der Waals surface area contributed by atoms with Crippen LogP contribution in [0.5, 0.6) is 0 Å². The molecule has 0 aliphatic rings. The molecule has 0 aliphatic carbocycles. The van der Waals surface area contributed by atoms with Gasteiger partial charge in [-0.05, 0) is 35.7 Å². The van der Waals surface area contributed by atoms with E-state index < -0.39 is 5.41 Å². The Morgan fingerprint density at radius 2 is 1.60 bits per heavy atom. The molecule has 2 rings (SSSR count). The molecule has 4 nitrogen and oxygen atoms in total. The summed E-state index contributed by atoms with van der Waals surface area (Å²) in [5.41, 5.74) is 2.53. The summed E-state index contributed by atoms with van der Waals surface area (Å²) in [6, 6.07) is 14.8. The molecule has 0 fully saturated rings. The molecule has 0 radical (unpaired) electrons. The van der Waals surface area contributed by atoms with Gasteiger partial charge < -0.3 is 10.6 Å². The summed E-state index contributed by atoms with van der Waals surface area (Å²) in [6.07, 6.45) is 0. The first-order chi connectivity index (χ1) is 11.7. The molecular formula is C21H26N2O2. The second-order valence-electron chi connectivity index (χ2n) is 7.48. The molecule has 2 N–H and O–H groups in total. The van der Waals surface area contributed by atoms with Crippen molar-refractivity contribution in [1.82, 2.24) is 0 Å². The van der Waals surface area contributed by atoms with E-state index in [2.05, 4.69) is 24.5 Å². The van der Waals surface area contributed by atoms with Gasteiger partial charge in [0, 0.05) is 22.4 Å². The quantitative estimate of drug-likeness (QED) is 0.820. The standard InChI is InChI=1S/C21H26N2O2/c1-14(2)17-11-6-7-12-18(17)23-19(24)15-9-8-10-16(13-15)22-20(25)21(3,4)5/h6-14H,1-5H3,(H,22,25)(H,23,24). The lowest BCUT2D eigenvalue weighted by Gasteiger charge is -2.18. The van der Waals surface area contributed by atoms with Crippen LogP contribution in [0.2, 0.25) is 0 Å². The van der Waals surface area contributed by atoms with Gasteiger partial charge in [0.25, 0.3) is 5.91 Å². The molecule has 4 heteroatoms. The molecule has 2 aromatic carbocycles. The second-order valence-corrected chi connectivity index (χ2v) is 7.48. The van der Waals surface area contributed by atoms with E-state index >= 15 is 0 Å². The lowest BCUT2D eigenvalue weighted by atomic mass is 9.95. The van der Waals surface area contributed by atoms with Gasteiger partial charge >= 0.3 is 0 Å². The van der Waals surface area contributed by atoms with Crippen molar-refractivity contribution in [2.75, 3.05) is 10.6 Å². The number of carbonyl (C=O) groups is 2. The molecule has 0 saturated heterocycles. The fourth-order valence-corrected chi connectivity index (χ4v) is 2.37. The summed E-state index contributed by atoms with van der Waals surface area (Å²) in [4.78, 5) is 24.7. The van der Waals surface area contributed by atoms with Gasteiger partial charge in [-0.2, -0.15) is 0 Å². The Morgan fingerprint density at radius 1 is 0.920 bits per heavy atom. The van der Waals surface area contributed by atoms with Crippen LogP contribution < -0.4 is 10.6 Å². The van der Waals surface area contributed by atoms with Crippen molar-refractivity contribution in [2.24, 2.45) is 5.41 Å². The molecule has 0 saturated carbocycles. The molecule has 0 bridgehead atoms. The van der Waals surface area contributed by atoms with Crippen LogP contribution in [0.4, 0.5) is 11.4 Å². The Balaban J connectivity index is 2.18. The van der Waals surface area contributed by atoms with Crippen molar-refractivity contribution in [3.05, 3.63) is 59.7 Å². The van der Waals surface area contributed by atoms with Crippen molar-refractivity contribution in [3.8, 4) is 0 Å². The molecule has 0 unspecified atom stereocenters. The van der Waals surface area contributed by atoms with Crippen LogP contribution in [-0.2, 0) is 4.79 Å². The number of benzene rings is 2. The van der Waals surface area contributed by atoms with Gasteiger partial charge in [0.15, 0.2) is 0 Å². The minimum absolute atomic E-state index is 0.0878. The zero-order valence-electron chi connectivity index (χ0n) is 15.5. The highest BCUT2D eigenvalue weighted by Crippen LogP contribution is 2.24. The largest absolute Gasteiger partial charge is 0.326 e. The van der Waals surface area contributed by atoms with Crippen molar-refractivity contribution in [2.45, 2.75) is 40.5 Å². The third-order valence-corrected chi connectivity index (χ3v) is 3.89. The first-order valence-corrected chi connectivity index (χ1v) is 8.50. The van der Waals surface area contributed by atoms with E-state index in [4.69, 9.17) is 0 Å². The number of rotatable bonds is 4. The van der Waals surface area contributed by atoms with Crippen molar-refractivity contribution < 1.29 is 9.59 Å². The lowest BCUT2D eigenvalue weighted by molar-refractivity contribution is -0.123. The minimum atomic E-state index is -0.492. The van der Waals surface area contributed by atoms with E-state index in [0.29, 0.717) is 17.2 Å². The number of amides is 2. The third kappa shape index (κ3) is 4.92. The van der Waals surface area contributed by atoms with Crippen molar-refractivity contribution in [3.63, 3.8) is 0 Å². The predicted octanol–water partition coefficient (Wildman–Crippen LogP) is 5.05. The maximum atomic E-state index is 12.6. The van der Waals surface area contributed by atoms with Gasteiger partial charge in [0.2, 0.25) is 5.91 Å². The Hall–Kier alpha value is -2.62. The summed E-state index contributed by atoms with van der Waals surface area (Å²) in [5, 5.41) is 5.82. The summed E-state index contributed by atoms with van der Waals surface area (Å²) < 4.78 is 0. The SMILES string of the molecule is CC(C)c1ccccc1NC(=O)c1cccc(NC(=O)C(C)(C)C)c1. The van der Waals surface area contributed by atoms with E-state index in [1.54, 1.807) is 24.3 Å². The van der Waals surface area contributed by atoms with Crippen LogP contribution in [0.25, 0.3) is 0 Å². The average Bonchev–Trinajstić information content (AvgIpc) is 2.54. The number of hydrogen-bond donors (Lipinski definition) is 2. The average molecular weight is 338 g/mol. The number of nitrogens with one attached hydrogen (secondary N) is 2. The van der Waals surface area contributed by atoms with Crippen LogP contribution >= 0.6 is 0 Å². The van der Waals surface area contributed by atoms with Gasteiger partial charge in [0.05, 0.1) is 0 Å². The molecule has 2 amide bonds. The Labute approximate surface area is 149 Å². The molecule has 132 valence electrons. The fourth-order valence-electron chi connectivity index (χ4n) is 2.37. The highest BCUT2D eigenvalue weighted by molar-refractivity contribution is 6.06. The topological polar surface area (TPSA) is 58.2 Å². The normalized spacial score (nSPS) is 11.3. The lowest BCUT2D eigenvalue weighted by Crippen LogP contribution is -2.27. The molecule has 0 spiro atoms. The smallest absolute Gasteiger partial charge is 0.255 e. The monoisotopic (exact) mass is 338 g/mol. The highest BCUT2D eigenvalue weighted by Gasteiger charge is 2.21. The first kappa shape index (κ1) is 18.7. The Bertz CT molecular complexity index is 773. The van der Waals surface area contributed by atoms with E-state index in [9.17, 15) is 9.59 Å². The van der Waals surface area contributed by atoms with Gasteiger partial charge in [-0.15, -0.1) is 0 Å². The number of anilines is 2. The number of para-hydroxylation sites is 1. The third-order valence-electron chi connectivity index (χ3n) is 3.89. The zero-order valence-corrected chi connectivity index (χ0v) is 15.5. The summed E-state index contributed by atoms with van der Waals surface area (Å²) in [7, 11) is 0. The van der Waals surface area contributed by atoms with Crippen LogP contribution in [-0.4, -0.2) is 11.8 Å². The van der Waals surface area contributed by atoms with E-state index in [1.165, 1.54) is 0 Å². The molecule has 25 heavy (non-hydrogen) atoms. The Kier molecular flexibility index (Phi) is 5.62. The second kappa shape index (κ2) is 7.51. The number of hydrogen-bond acceptors (Lipinski definition) is 2. The van der Waals surface area contributed by atoms with Crippen LogP contribution in [0.3, 0.4) is 0 Å². The summed E-state index contributed by atoms with van der Waals surface area (Å²) in [6.45, 7) is 9.73. The molecule has 0 atom stereocenters. The maximum absolute atomic E-state index is 12.6. The summed E-state index contributed by atoms with van der Waals surface area (Å²) >= 11 is 0. The predicted molar refractivity (Wildman–Crippen MR) is 103 cm³/mol. The summed E-state index contributed by atoms with van der Waals surface area (Å²) in [5.74, 6) is 0.0316. The van der Waals surface area contributed by atoms with E-state index in [1.807, 2.05) is 45.0 Å². The van der Waals surface area contributed by atoms with E-state index in [-0.39, 0.29) is 11.8 Å². The van der Waals surface area contributed by atoms with Crippen molar-refractivity contribution >= 4 is 23.2 Å². The highest BCUT2D eigenvalue weighted by atomic mass is 16.2. The Morgan fingerprint density at radius 3 is 2.24 bits per heavy atom. The fraction of sp³-hybridized carbons (Fsp3) is 0.333.